The van der Waals surface area contributed by atoms with Crippen molar-refractivity contribution < 1.29 is 36.6 Å². The number of phenolic OH excluding ortho intramolecular Hbond substituents is 1. The van der Waals surface area contributed by atoms with E-state index in [-0.39, 0.29) is 22.6 Å². The van der Waals surface area contributed by atoms with E-state index in [2.05, 4.69) is 13.8 Å². The van der Waals surface area contributed by atoms with Crippen LogP contribution in [-0.4, -0.2) is 32.1 Å². The zero-order valence-electron chi connectivity index (χ0n) is 26.1. The maximum atomic E-state index is 15.0. The number of aromatic nitrogens is 2. The molecule has 8 nitrogen and oxygen atoms in total. The van der Waals surface area contributed by atoms with Crippen molar-refractivity contribution in [1.29, 1.82) is 0 Å². The molecule has 2 aromatic carbocycles. The molecule has 4 rings (SSSR count). The molecule has 0 unspecified atom stereocenters. The lowest BCUT2D eigenvalue weighted by Gasteiger charge is -2.39. The van der Waals surface area contributed by atoms with E-state index in [1.165, 1.54) is 27.2 Å². The molecule has 0 saturated heterocycles. The Morgan fingerprint density at radius 3 is 1.70 bits per heavy atom. The van der Waals surface area contributed by atoms with E-state index in [4.69, 9.17) is 0 Å². The van der Waals surface area contributed by atoms with Gasteiger partial charge in [0.2, 0.25) is 5.41 Å². The van der Waals surface area contributed by atoms with Crippen LogP contribution in [0.15, 0.2) is 79.6 Å². The molecule has 47 heavy (non-hydrogen) atoms. The first-order chi connectivity index (χ1) is 21.6. The summed E-state index contributed by atoms with van der Waals surface area (Å²) in [7, 11) is 0. The molecule has 4 aromatic rings. The van der Waals surface area contributed by atoms with Gasteiger partial charge in [-0.05, 0) is 59.4 Å². The molecular formula is C33H32F6N2O6. The number of hydrogen-bond donors (Lipinski definition) is 3. The highest BCUT2D eigenvalue weighted by Gasteiger charge is 2.73. The van der Waals surface area contributed by atoms with Crippen LogP contribution in [-0.2, 0) is 10.8 Å². The van der Waals surface area contributed by atoms with Gasteiger partial charge in [-0.2, -0.15) is 26.3 Å². The molecule has 0 fully saturated rings. The number of halogens is 6. The van der Waals surface area contributed by atoms with Crippen LogP contribution in [0.25, 0.3) is 27.2 Å². The molecule has 3 N–H and O–H groups in total. The molecule has 0 amide bonds. The SMILES string of the molecule is CCC.C\C(=C/C(=C\C=C\O)C(c1ccc(O)c(C(C)(C)C)c1)(C(F)(F)F)C(F)(F)F)n1c(=O)c2cc3c(=O)[nH]c(=O)c3cc2c1=O. The Balaban J connectivity index is 0.00000192. The normalized spacial score (nSPS) is 13.9. The van der Waals surface area contributed by atoms with Gasteiger partial charge in [0.1, 0.15) is 5.75 Å². The molecule has 2 heterocycles. The van der Waals surface area contributed by atoms with E-state index >= 15 is 26.3 Å². The van der Waals surface area contributed by atoms with E-state index in [0.29, 0.717) is 41.0 Å². The Labute approximate surface area is 263 Å². The quantitative estimate of drug-likeness (QED) is 0.122. The third kappa shape index (κ3) is 6.28. The van der Waals surface area contributed by atoms with E-state index in [0.717, 1.165) is 19.1 Å². The van der Waals surface area contributed by atoms with Crippen molar-refractivity contribution in [3.8, 4) is 5.75 Å². The lowest BCUT2D eigenvalue weighted by atomic mass is 9.70. The molecule has 0 spiro atoms. The maximum absolute atomic E-state index is 15.0. The van der Waals surface area contributed by atoms with Gasteiger partial charge in [0.25, 0.3) is 22.2 Å². The number of aromatic hydroxyl groups is 1. The third-order valence-electron chi connectivity index (χ3n) is 7.34. The molecule has 0 saturated carbocycles. The number of H-pyrrole nitrogens is 1. The van der Waals surface area contributed by atoms with Crippen LogP contribution in [0, 0.1) is 0 Å². The summed E-state index contributed by atoms with van der Waals surface area (Å²) in [6, 6.07) is 3.66. The summed E-state index contributed by atoms with van der Waals surface area (Å²) in [5, 5.41) is 18.2. The van der Waals surface area contributed by atoms with Gasteiger partial charge in [0, 0.05) is 5.70 Å². The number of phenols is 1. The summed E-state index contributed by atoms with van der Waals surface area (Å²) >= 11 is 0. The van der Waals surface area contributed by atoms with Crippen LogP contribution in [0.1, 0.15) is 59.1 Å². The first-order valence-corrected chi connectivity index (χ1v) is 14.2. The van der Waals surface area contributed by atoms with Gasteiger partial charge >= 0.3 is 12.4 Å². The highest BCUT2D eigenvalue weighted by Crippen LogP contribution is 2.57. The maximum Gasteiger partial charge on any atom is 0.411 e. The van der Waals surface area contributed by atoms with Crippen molar-refractivity contribution in [3.05, 3.63) is 113 Å². The standard InChI is InChI=1S/C30H24F6N2O6.C3H8/c1-14(38-25(43)19-12-17-18(13-20(19)26(38)44)24(42)37-23(17)41)10-15(6-5-9-39)28(29(31,32)33,30(34,35)36)16-7-8-22(40)21(11-16)27(2,3)4;1-3-2/h5-13,39-40H,1-4H3,(H,37,41,42);3H2,1-2H3/b9-5+,14-10+,15-6+;. The number of nitrogens with one attached hydrogen (secondary N) is 1. The number of allylic oxidation sites excluding steroid dienone is 5. The molecule has 0 aliphatic carbocycles. The summed E-state index contributed by atoms with van der Waals surface area (Å²) in [5.41, 5.74) is -13.7. The second-order valence-corrected chi connectivity index (χ2v) is 11.9. The van der Waals surface area contributed by atoms with Crippen molar-refractivity contribution >= 4 is 27.2 Å². The molecular weight excluding hydrogens is 634 g/mol. The predicted octanol–water partition coefficient (Wildman–Crippen LogP) is 6.78. The molecule has 0 radical (unpaired) electrons. The van der Waals surface area contributed by atoms with Gasteiger partial charge in [-0.1, -0.05) is 59.2 Å². The van der Waals surface area contributed by atoms with Crippen molar-refractivity contribution in [2.24, 2.45) is 0 Å². The van der Waals surface area contributed by atoms with Crippen molar-refractivity contribution in [1.82, 2.24) is 9.55 Å². The van der Waals surface area contributed by atoms with Gasteiger partial charge < -0.3 is 10.2 Å². The number of aromatic amines is 1. The van der Waals surface area contributed by atoms with Crippen LogP contribution < -0.4 is 22.2 Å². The van der Waals surface area contributed by atoms with Crippen molar-refractivity contribution in [3.63, 3.8) is 0 Å². The number of alkyl halides is 6. The van der Waals surface area contributed by atoms with E-state index in [1.54, 1.807) is 0 Å². The summed E-state index contributed by atoms with van der Waals surface area (Å²) in [6.45, 7) is 9.59. The van der Waals surface area contributed by atoms with Crippen molar-refractivity contribution in [2.75, 3.05) is 0 Å². The van der Waals surface area contributed by atoms with Crippen LogP contribution in [0.3, 0.4) is 0 Å². The predicted molar refractivity (Wildman–Crippen MR) is 168 cm³/mol. The number of aliphatic hydroxyl groups is 1. The molecule has 2 aromatic heterocycles. The van der Waals surface area contributed by atoms with E-state index < -0.39 is 78.8 Å². The minimum atomic E-state index is -6.10. The number of rotatable bonds is 5. The topological polar surface area (TPSA) is 129 Å². The van der Waals surface area contributed by atoms with Crippen LogP contribution >= 0.6 is 0 Å². The molecule has 0 atom stereocenters. The number of benzene rings is 2. The zero-order chi connectivity index (χ0) is 35.9. The number of fused-ring (bicyclic) bond motifs is 2. The average molecular weight is 667 g/mol. The van der Waals surface area contributed by atoms with Gasteiger partial charge in [0.15, 0.2) is 0 Å². The number of hydrogen-bond acceptors (Lipinski definition) is 6. The fraction of sp³-hybridized carbons (Fsp3) is 0.333. The Hall–Kier alpha value is -4.88. The third-order valence-corrected chi connectivity index (χ3v) is 7.34. The monoisotopic (exact) mass is 666 g/mol. The summed E-state index contributed by atoms with van der Waals surface area (Å²) < 4.78 is 90.4. The van der Waals surface area contributed by atoms with Crippen LogP contribution in [0.4, 0.5) is 26.3 Å². The zero-order valence-corrected chi connectivity index (χ0v) is 26.1. The lowest BCUT2D eigenvalue weighted by Crippen LogP contribution is -2.55. The fourth-order valence-corrected chi connectivity index (χ4v) is 5.29. The number of nitrogens with zero attached hydrogens (tertiary/aromatic N) is 1. The summed E-state index contributed by atoms with van der Waals surface area (Å²) in [5.74, 6) is -0.544. The highest BCUT2D eigenvalue weighted by atomic mass is 19.4. The Morgan fingerprint density at radius 2 is 1.30 bits per heavy atom. The van der Waals surface area contributed by atoms with E-state index in [9.17, 15) is 29.4 Å². The summed E-state index contributed by atoms with van der Waals surface area (Å²) in [4.78, 5) is 52.6. The summed E-state index contributed by atoms with van der Waals surface area (Å²) in [6.07, 6.45) is -9.56. The van der Waals surface area contributed by atoms with Crippen LogP contribution in [0.5, 0.6) is 5.75 Å². The smallest absolute Gasteiger partial charge is 0.411 e. The average Bonchev–Trinajstić information content (AvgIpc) is 3.35. The van der Waals surface area contributed by atoms with Gasteiger partial charge in [-0.25, -0.2) is 4.57 Å². The van der Waals surface area contributed by atoms with Gasteiger partial charge in [-0.15, -0.1) is 0 Å². The molecule has 14 heteroatoms. The first-order valence-electron chi connectivity index (χ1n) is 14.2. The Bertz CT molecular complexity index is 2030. The molecule has 0 aliphatic rings. The first kappa shape index (κ1) is 36.6. The van der Waals surface area contributed by atoms with Crippen molar-refractivity contribution in [2.45, 2.75) is 71.1 Å². The second kappa shape index (κ2) is 12.7. The molecule has 0 aliphatic heterocycles. The fourth-order valence-electron chi connectivity index (χ4n) is 5.29. The Kier molecular flexibility index (Phi) is 9.91. The molecule has 252 valence electrons. The minimum absolute atomic E-state index is 0.198. The largest absolute Gasteiger partial charge is 0.516 e. The second-order valence-electron chi connectivity index (χ2n) is 11.9. The highest BCUT2D eigenvalue weighted by molar-refractivity contribution is 5.98. The van der Waals surface area contributed by atoms with E-state index in [1.807, 2.05) is 4.98 Å². The Morgan fingerprint density at radius 1 is 0.830 bits per heavy atom. The number of aliphatic hydroxyl groups excluding tert-OH is 1. The van der Waals surface area contributed by atoms with Gasteiger partial charge in [0.05, 0.1) is 27.8 Å². The van der Waals surface area contributed by atoms with Crippen LogP contribution in [0.2, 0.25) is 0 Å². The minimum Gasteiger partial charge on any atom is -0.516 e. The lowest BCUT2D eigenvalue weighted by molar-refractivity contribution is -0.288. The van der Waals surface area contributed by atoms with Gasteiger partial charge in [-0.3, -0.25) is 24.2 Å². The molecule has 0 bridgehead atoms.